The van der Waals surface area contributed by atoms with Gasteiger partial charge >= 0.3 is 6.03 Å². The van der Waals surface area contributed by atoms with Gasteiger partial charge in [0.2, 0.25) is 5.91 Å². The number of imide groups is 1. The van der Waals surface area contributed by atoms with E-state index in [2.05, 4.69) is 20.9 Å². The van der Waals surface area contributed by atoms with Crippen LogP contribution in [0.4, 0.5) is 10.5 Å². The molecule has 1 fully saturated rings. The van der Waals surface area contributed by atoms with E-state index < -0.39 is 12.1 Å². The number of nitrogens with one attached hydrogen (secondary N) is 3. The smallest absolute Gasteiger partial charge is 0.322 e. The molecule has 0 aliphatic carbocycles. The molecular weight excluding hydrogens is 334 g/mol. The van der Waals surface area contributed by atoms with E-state index in [0.717, 1.165) is 24.1 Å². The fourth-order valence-electron chi connectivity index (χ4n) is 3.39. The topological polar surface area (TPSA) is 105 Å². The van der Waals surface area contributed by atoms with E-state index in [-0.39, 0.29) is 17.7 Å². The minimum absolute atomic E-state index is 0.000431. The van der Waals surface area contributed by atoms with Crippen molar-refractivity contribution in [2.45, 2.75) is 31.8 Å². The second-order valence-corrected chi connectivity index (χ2v) is 6.68. The minimum atomic E-state index is -0.547. The molecule has 2 atom stereocenters. The third-order valence-electron chi connectivity index (χ3n) is 4.86. The minimum Gasteiger partial charge on any atom is -0.334 e. The largest absolute Gasteiger partial charge is 0.334 e. The molecule has 0 saturated carbocycles. The van der Waals surface area contributed by atoms with Crippen LogP contribution in [0, 0.1) is 5.92 Å². The summed E-state index contributed by atoms with van der Waals surface area (Å²) in [4.78, 5) is 39.3. The summed E-state index contributed by atoms with van der Waals surface area (Å²) in [6, 6.07) is 6.32. The highest BCUT2D eigenvalue weighted by Gasteiger charge is 2.29. The fourth-order valence-corrected chi connectivity index (χ4v) is 3.39. The van der Waals surface area contributed by atoms with Crippen molar-refractivity contribution in [1.29, 1.82) is 0 Å². The predicted octanol–water partition coefficient (Wildman–Crippen LogP) is 0.835. The number of hydrogen-bond donors (Lipinski definition) is 3. The Morgan fingerprint density at radius 1 is 1.27 bits per heavy atom. The van der Waals surface area contributed by atoms with Gasteiger partial charge < -0.3 is 15.2 Å². The summed E-state index contributed by atoms with van der Waals surface area (Å²) >= 11 is 0. The van der Waals surface area contributed by atoms with E-state index in [9.17, 15) is 14.4 Å². The highest BCUT2D eigenvalue weighted by molar-refractivity contribution is 6.04. The first-order valence-corrected chi connectivity index (χ1v) is 8.58. The third-order valence-corrected chi connectivity index (χ3v) is 4.86. The van der Waals surface area contributed by atoms with Crippen molar-refractivity contribution < 1.29 is 14.4 Å². The zero-order valence-electron chi connectivity index (χ0n) is 14.1. The SMILES string of the molecule is O=C1NC(=O)C(Cc2ccc(NC(=O)C3CCc4cncn4C3)cc2)N1. The molecule has 4 amide bonds. The van der Waals surface area contributed by atoms with Crippen LogP contribution in [0.25, 0.3) is 0 Å². The molecule has 2 aromatic rings. The Morgan fingerprint density at radius 3 is 2.81 bits per heavy atom. The first kappa shape index (κ1) is 16.3. The van der Waals surface area contributed by atoms with Gasteiger partial charge in [-0.05, 0) is 30.5 Å². The lowest BCUT2D eigenvalue weighted by Crippen LogP contribution is -2.31. The predicted molar refractivity (Wildman–Crippen MR) is 93.3 cm³/mol. The summed E-state index contributed by atoms with van der Waals surface area (Å²) in [5.41, 5.74) is 2.79. The number of carbonyl (C=O) groups is 3. The number of imidazole rings is 1. The van der Waals surface area contributed by atoms with Gasteiger partial charge in [-0.25, -0.2) is 9.78 Å². The Balaban J connectivity index is 1.35. The summed E-state index contributed by atoms with van der Waals surface area (Å²) in [7, 11) is 0. The molecular formula is C18H19N5O3. The van der Waals surface area contributed by atoms with Crippen LogP contribution in [0.1, 0.15) is 17.7 Å². The number of benzene rings is 1. The van der Waals surface area contributed by atoms with Crippen molar-refractivity contribution in [2.24, 2.45) is 5.92 Å². The van der Waals surface area contributed by atoms with Gasteiger partial charge in [0.25, 0.3) is 5.91 Å². The molecule has 2 aliphatic heterocycles. The van der Waals surface area contributed by atoms with Crippen LogP contribution in [0.15, 0.2) is 36.8 Å². The van der Waals surface area contributed by atoms with Crippen LogP contribution >= 0.6 is 0 Å². The molecule has 0 radical (unpaired) electrons. The van der Waals surface area contributed by atoms with Crippen LogP contribution in [-0.4, -0.2) is 33.4 Å². The summed E-state index contributed by atoms with van der Waals surface area (Å²) in [5, 5.41) is 7.73. The van der Waals surface area contributed by atoms with Gasteiger partial charge in [-0.1, -0.05) is 12.1 Å². The van der Waals surface area contributed by atoms with E-state index >= 15 is 0 Å². The molecule has 8 heteroatoms. The van der Waals surface area contributed by atoms with Gasteiger partial charge in [-0.2, -0.15) is 0 Å². The summed E-state index contributed by atoms with van der Waals surface area (Å²) < 4.78 is 2.03. The molecule has 1 saturated heterocycles. The number of rotatable bonds is 4. The Bertz CT molecular complexity index is 858. The molecule has 0 bridgehead atoms. The van der Waals surface area contributed by atoms with Crippen molar-refractivity contribution in [3.05, 3.63) is 48.0 Å². The zero-order chi connectivity index (χ0) is 18.1. The number of aromatic nitrogens is 2. The Morgan fingerprint density at radius 2 is 2.08 bits per heavy atom. The van der Waals surface area contributed by atoms with Gasteiger partial charge in [-0.3, -0.25) is 14.9 Å². The maximum atomic E-state index is 12.5. The lowest BCUT2D eigenvalue weighted by Gasteiger charge is -2.23. The Labute approximate surface area is 150 Å². The van der Waals surface area contributed by atoms with E-state index in [1.165, 1.54) is 5.69 Å². The summed E-state index contributed by atoms with van der Waals surface area (Å²) in [6.07, 6.45) is 5.69. The highest BCUT2D eigenvalue weighted by atomic mass is 16.2. The van der Waals surface area contributed by atoms with Crippen LogP contribution < -0.4 is 16.0 Å². The van der Waals surface area contributed by atoms with E-state index in [1.807, 2.05) is 35.0 Å². The lowest BCUT2D eigenvalue weighted by molar-refractivity contribution is -0.121. The monoisotopic (exact) mass is 353 g/mol. The van der Waals surface area contributed by atoms with Crippen LogP contribution in [0.2, 0.25) is 0 Å². The number of amides is 4. The summed E-state index contributed by atoms with van der Waals surface area (Å²) in [5.74, 6) is -0.392. The average Bonchev–Trinajstić information content (AvgIpc) is 3.22. The van der Waals surface area contributed by atoms with E-state index in [4.69, 9.17) is 0 Å². The molecule has 2 unspecified atom stereocenters. The van der Waals surface area contributed by atoms with Gasteiger partial charge in [0, 0.05) is 30.5 Å². The molecule has 0 spiro atoms. The third kappa shape index (κ3) is 3.30. The van der Waals surface area contributed by atoms with Crippen molar-refractivity contribution in [1.82, 2.24) is 20.2 Å². The quantitative estimate of drug-likeness (QED) is 0.708. The number of fused-ring (bicyclic) bond motifs is 1. The molecule has 3 heterocycles. The second kappa shape index (κ2) is 6.62. The van der Waals surface area contributed by atoms with Crippen LogP contribution in [-0.2, 0) is 29.0 Å². The van der Waals surface area contributed by atoms with Crippen molar-refractivity contribution in [3.63, 3.8) is 0 Å². The first-order valence-electron chi connectivity index (χ1n) is 8.58. The van der Waals surface area contributed by atoms with Gasteiger partial charge in [0.1, 0.15) is 6.04 Å². The second-order valence-electron chi connectivity index (χ2n) is 6.68. The van der Waals surface area contributed by atoms with Gasteiger partial charge in [0.15, 0.2) is 0 Å². The molecule has 8 nitrogen and oxygen atoms in total. The molecule has 26 heavy (non-hydrogen) atoms. The maximum Gasteiger partial charge on any atom is 0.322 e. The molecule has 134 valence electrons. The summed E-state index contributed by atoms with van der Waals surface area (Å²) in [6.45, 7) is 0.649. The fraction of sp³-hybridized carbons (Fsp3) is 0.333. The number of hydrogen-bond acceptors (Lipinski definition) is 4. The average molecular weight is 353 g/mol. The molecule has 1 aromatic heterocycles. The van der Waals surface area contributed by atoms with Crippen LogP contribution in [0.3, 0.4) is 0 Å². The van der Waals surface area contributed by atoms with E-state index in [1.54, 1.807) is 6.33 Å². The van der Waals surface area contributed by atoms with Gasteiger partial charge in [0.05, 0.1) is 12.2 Å². The lowest BCUT2D eigenvalue weighted by atomic mass is 9.97. The number of urea groups is 1. The number of carbonyl (C=O) groups excluding carboxylic acids is 3. The number of aryl methyl sites for hydroxylation is 1. The van der Waals surface area contributed by atoms with Crippen molar-refractivity contribution >= 4 is 23.5 Å². The Kier molecular flexibility index (Phi) is 4.16. The maximum absolute atomic E-state index is 12.5. The molecule has 4 rings (SSSR count). The van der Waals surface area contributed by atoms with Crippen molar-refractivity contribution in [3.8, 4) is 0 Å². The number of nitrogens with zero attached hydrogens (tertiary/aromatic N) is 2. The zero-order valence-corrected chi connectivity index (χ0v) is 14.1. The van der Waals surface area contributed by atoms with Gasteiger partial charge in [-0.15, -0.1) is 0 Å². The standard InChI is InChI=1S/C18H19N5O3/c24-16(12-3-6-14-8-19-10-23(14)9-12)20-13-4-1-11(2-5-13)7-15-17(25)22-18(26)21-15/h1-2,4-5,8,10,12,15H,3,6-7,9H2,(H,20,24)(H2,21,22,25,26). The first-order chi connectivity index (χ1) is 12.6. The number of anilines is 1. The molecule has 1 aromatic carbocycles. The Hall–Kier alpha value is -3.16. The van der Waals surface area contributed by atoms with Crippen molar-refractivity contribution in [2.75, 3.05) is 5.32 Å². The van der Waals surface area contributed by atoms with Crippen LogP contribution in [0.5, 0.6) is 0 Å². The molecule has 3 N–H and O–H groups in total. The molecule has 2 aliphatic rings. The normalized spacial score (nSPS) is 21.7. The highest BCUT2D eigenvalue weighted by Crippen LogP contribution is 2.21. The van der Waals surface area contributed by atoms with E-state index in [0.29, 0.717) is 13.0 Å².